The molecule has 0 bridgehead atoms. The van der Waals surface area contributed by atoms with Crippen molar-refractivity contribution in [2.75, 3.05) is 19.8 Å². The van der Waals surface area contributed by atoms with Crippen molar-refractivity contribution >= 4 is 11.9 Å². The zero-order valence-corrected chi connectivity index (χ0v) is 14.2. The fourth-order valence-corrected chi connectivity index (χ4v) is 2.36. The highest BCUT2D eigenvalue weighted by atomic mass is 16.6. The molecular weight excluding hydrogens is 312 g/mol. The number of carbonyl (C=O) groups is 2. The third-order valence-electron chi connectivity index (χ3n) is 3.72. The molecule has 0 amide bonds. The number of benzene rings is 1. The van der Waals surface area contributed by atoms with Crippen molar-refractivity contribution in [3.63, 3.8) is 0 Å². The molecule has 132 valence electrons. The number of esters is 2. The van der Waals surface area contributed by atoms with Gasteiger partial charge in [0.05, 0.1) is 19.8 Å². The molecule has 2 rings (SSSR count). The highest BCUT2D eigenvalue weighted by molar-refractivity contribution is 5.82. The summed E-state index contributed by atoms with van der Waals surface area (Å²) in [7, 11) is 0. The highest BCUT2D eigenvalue weighted by Crippen LogP contribution is 2.34. The lowest BCUT2D eigenvalue weighted by atomic mass is 10.0. The van der Waals surface area contributed by atoms with E-state index in [1.807, 2.05) is 0 Å². The first-order valence-electron chi connectivity index (χ1n) is 8.28. The summed E-state index contributed by atoms with van der Waals surface area (Å²) in [6, 6.07) is 6.94. The van der Waals surface area contributed by atoms with Gasteiger partial charge < -0.3 is 18.9 Å². The molecule has 1 unspecified atom stereocenters. The van der Waals surface area contributed by atoms with E-state index in [-0.39, 0.29) is 11.9 Å². The first-order chi connectivity index (χ1) is 11.6. The maximum Gasteiger partial charge on any atom is 0.340 e. The first kappa shape index (κ1) is 18.3. The monoisotopic (exact) mass is 336 g/mol. The summed E-state index contributed by atoms with van der Waals surface area (Å²) >= 11 is 0. The molecule has 24 heavy (non-hydrogen) atoms. The summed E-state index contributed by atoms with van der Waals surface area (Å²) in [6.45, 7) is 4.61. The van der Waals surface area contributed by atoms with Gasteiger partial charge in [-0.15, -0.1) is 0 Å². The third kappa shape index (κ3) is 5.53. The van der Waals surface area contributed by atoms with E-state index in [0.29, 0.717) is 32.0 Å². The van der Waals surface area contributed by atoms with E-state index in [0.717, 1.165) is 25.0 Å². The van der Waals surface area contributed by atoms with Crippen LogP contribution in [0.1, 0.15) is 39.5 Å². The van der Waals surface area contributed by atoms with Gasteiger partial charge in [-0.3, -0.25) is 4.79 Å². The standard InChI is InChI=1S/C18H24O6/c1-3-21-17(20)18(13-23-18)11-5-4-6-12-22-15-7-9-16(10-8-15)24-14(2)19/h7-10H,3-6,11-13H2,1-2H3. The van der Waals surface area contributed by atoms with Crippen molar-refractivity contribution in [2.24, 2.45) is 0 Å². The molecule has 1 saturated heterocycles. The van der Waals surface area contributed by atoms with Crippen molar-refractivity contribution in [3.05, 3.63) is 24.3 Å². The molecule has 1 aromatic rings. The predicted molar refractivity (Wildman–Crippen MR) is 87.0 cm³/mol. The van der Waals surface area contributed by atoms with Crippen molar-refractivity contribution in [1.82, 2.24) is 0 Å². The van der Waals surface area contributed by atoms with Gasteiger partial charge in [-0.1, -0.05) is 0 Å². The number of epoxide rings is 1. The Kier molecular flexibility index (Phi) is 6.61. The minimum atomic E-state index is -0.677. The molecular formula is C18H24O6. The largest absolute Gasteiger partial charge is 0.494 e. The SMILES string of the molecule is CCOC(=O)C1(CCCCCOc2ccc(OC(C)=O)cc2)CO1. The summed E-state index contributed by atoms with van der Waals surface area (Å²) in [6.07, 6.45) is 3.44. The van der Waals surface area contributed by atoms with Crippen molar-refractivity contribution < 1.29 is 28.5 Å². The van der Waals surface area contributed by atoms with Gasteiger partial charge in [-0.05, 0) is 56.9 Å². The van der Waals surface area contributed by atoms with Crippen LogP contribution in [0.5, 0.6) is 11.5 Å². The smallest absolute Gasteiger partial charge is 0.340 e. The van der Waals surface area contributed by atoms with Gasteiger partial charge in [0.25, 0.3) is 0 Å². The first-order valence-corrected chi connectivity index (χ1v) is 8.28. The van der Waals surface area contributed by atoms with Gasteiger partial charge in [-0.25, -0.2) is 4.79 Å². The van der Waals surface area contributed by atoms with Gasteiger partial charge in [0.2, 0.25) is 0 Å². The van der Waals surface area contributed by atoms with E-state index in [1.165, 1.54) is 6.92 Å². The van der Waals surface area contributed by atoms with Crippen LogP contribution in [0.25, 0.3) is 0 Å². The predicted octanol–water partition coefficient (Wildman–Crippen LogP) is 2.88. The molecule has 1 heterocycles. The normalized spacial score (nSPS) is 18.8. The van der Waals surface area contributed by atoms with E-state index >= 15 is 0 Å². The quantitative estimate of drug-likeness (QED) is 0.283. The van der Waals surface area contributed by atoms with E-state index in [1.54, 1.807) is 31.2 Å². The summed E-state index contributed by atoms with van der Waals surface area (Å²) < 4.78 is 20.9. The number of hydrogen-bond acceptors (Lipinski definition) is 6. The van der Waals surface area contributed by atoms with Gasteiger partial charge in [0, 0.05) is 6.92 Å². The van der Waals surface area contributed by atoms with Crippen LogP contribution in [0.3, 0.4) is 0 Å². The van der Waals surface area contributed by atoms with Crippen LogP contribution in [0.15, 0.2) is 24.3 Å². The molecule has 6 nitrogen and oxygen atoms in total. The second kappa shape index (κ2) is 8.68. The van der Waals surface area contributed by atoms with E-state index in [4.69, 9.17) is 18.9 Å². The lowest BCUT2D eigenvalue weighted by Crippen LogP contribution is -2.27. The Bertz CT molecular complexity index is 547. The summed E-state index contributed by atoms with van der Waals surface area (Å²) in [5.74, 6) is 0.654. The Morgan fingerprint density at radius 2 is 1.79 bits per heavy atom. The molecule has 0 saturated carbocycles. The zero-order valence-electron chi connectivity index (χ0n) is 14.2. The molecule has 0 spiro atoms. The second-order valence-corrected chi connectivity index (χ2v) is 5.73. The topological polar surface area (TPSA) is 74.4 Å². The highest BCUT2D eigenvalue weighted by Gasteiger charge is 2.52. The van der Waals surface area contributed by atoms with Gasteiger partial charge in [0.1, 0.15) is 11.5 Å². The summed E-state index contributed by atoms with van der Waals surface area (Å²) in [5, 5.41) is 0. The fraction of sp³-hybridized carbons (Fsp3) is 0.556. The van der Waals surface area contributed by atoms with E-state index < -0.39 is 5.60 Å². The lowest BCUT2D eigenvalue weighted by molar-refractivity contribution is -0.149. The molecule has 0 radical (unpaired) electrons. The van der Waals surface area contributed by atoms with Gasteiger partial charge in [0.15, 0.2) is 5.60 Å². The maximum atomic E-state index is 11.7. The average Bonchev–Trinajstić information content (AvgIpc) is 3.33. The fourth-order valence-electron chi connectivity index (χ4n) is 2.36. The molecule has 1 fully saturated rings. The number of unbranched alkanes of at least 4 members (excludes halogenated alkanes) is 2. The summed E-state index contributed by atoms with van der Waals surface area (Å²) in [4.78, 5) is 22.6. The minimum absolute atomic E-state index is 0.242. The van der Waals surface area contributed by atoms with Gasteiger partial charge >= 0.3 is 11.9 Å². The van der Waals surface area contributed by atoms with Crippen LogP contribution < -0.4 is 9.47 Å². The molecule has 6 heteroatoms. The van der Waals surface area contributed by atoms with Crippen molar-refractivity contribution in [3.8, 4) is 11.5 Å². The van der Waals surface area contributed by atoms with E-state index in [2.05, 4.69) is 0 Å². The molecule has 1 aliphatic heterocycles. The zero-order chi connectivity index (χ0) is 17.4. The molecule has 0 N–H and O–H groups in total. The number of ether oxygens (including phenoxy) is 4. The second-order valence-electron chi connectivity index (χ2n) is 5.73. The Morgan fingerprint density at radius 1 is 1.12 bits per heavy atom. The molecule has 1 aliphatic rings. The Morgan fingerprint density at radius 3 is 2.38 bits per heavy atom. The Labute approximate surface area is 142 Å². The average molecular weight is 336 g/mol. The van der Waals surface area contributed by atoms with Crippen LogP contribution in [0.4, 0.5) is 0 Å². The number of carbonyl (C=O) groups excluding carboxylic acids is 2. The molecule has 1 aromatic carbocycles. The minimum Gasteiger partial charge on any atom is -0.494 e. The van der Waals surface area contributed by atoms with Crippen molar-refractivity contribution in [2.45, 2.75) is 45.1 Å². The molecule has 0 aromatic heterocycles. The Hall–Kier alpha value is -2.08. The van der Waals surface area contributed by atoms with Gasteiger partial charge in [-0.2, -0.15) is 0 Å². The maximum absolute atomic E-state index is 11.7. The molecule has 1 atom stereocenters. The van der Waals surface area contributed by atoms with Crippen LogP contribution in [-0.4, -0.2) is 37.4 Å². The van der Waals surface area contributed by atoms with Crippen LogP contribution in [0, 0.1) is 0 Å². The Balaban J connectivity index is 1.58. The summed E-state index contributed by atoms with van der Waals surface area (Å²) in [5.41, 5.74) is -0.677. The van der Waals surface area contributed by atoms with Crippen LogP contribution >= 0.6 is 0 Å². The molecule has 0 aliphatic carbocycles. The van der Waals surface area contributed by atoms with Crippen LogP contribution in [0.2, 0.25) is 0 Å². The lowest BCUT2D eigenvalue weighted by Gasteiger charge is -2.10. The van der Waals surface area contributed by atoms with Crippen LogP contribution in [-0.2, 0) is 19.1 Å². The third-order valence-corrected chi connectivity index (χ3v) is 3.72. The number of rotatable bonds is 10. The van der Waals surface area contributed by atoms with E-state index in [9.17, 15) is 9.59 Å². The number of hydrogen-bond donors (Lipinski definition) is 0. The van der Waals surface area contributed by atoms with Crippen molar-refractivity contribution in [1.29, 1.82) is 0 Å².